The number of hydrogen-bond acceptors (Lipinski definition) is 14. The van der Waals surface area contributed by atoms with Crippen molar-refractivity contribution in [3.05, 3.63) is 18.1 Å². The van der Waals surface area contributed by atoms with Crippen LogP contribution in [0, 0.1) is 11.8 Å². The molecule has 3 rings (SSSR count). The maximum atomic E-state index is 12.3. The first-order valence-electron chi connectivity index (χ1n) is 11.3. The molecule has 18 nitrogen and oxygen atoms in total. The lowest BCUT2D eigenvalue weighted by Gasteiger charge is -2.23. The predicted octanol–water partition coefficient (Wildman–Crippen LogP) is 2.88. The molecule has 0 radical (unpaired) electrons. The Morgan fingerprint density at radius 1 is 1.29 bits per heavy atom. The predicted molar refractivity (Wildman–Crippen MR) is 160 cm³/mol. The molecule has 0 saturated carbocycles. The molecule has 2 aromatic rings. The molecule has 5 unspecified atom stereocenters. The van der Waals surface area contributed by atoms with Gasteiger partial charge in [0.25, 0.3) is 3.91 Å². The Morgan fingerprint density at radius 2 is 2.00 bits per heavy atom. The molecule has 0 aliphatic carbocycles. The standard InChI is InChI=1S/C18H25IN5O13P3S2/c1-10(42-41-2)34-12-6-14(35-13(12)8-33-39(29,30)37-40(31,32)36-38(26,27)28)24-7-11(4-3-5-21-18(19)25)15-16(20)22-9-23-17(15)24/h7,9-10,12-14H,5-6,8H2,1-2H3,(H,21,25)(H,29,30)(H,31,32)(H2,20,22,23)(H2,26,27,28)/t10-,12?,13?,14?/m0/s1. The maximum Gasteiger partial charge on any atom is 0.490 e. The molecular weight excluding hydrogens is 778 g/mol. The molecule has 3 heterocycles. The lowest BCUT2D eigenvalue weighted by molar-refractivity contribution is -0.0616. The zero-order chi connectivity index (χ0) is 31.3. The highest BCUT2D eigenvalue weighted by molar-refractivity contribution is 14.1. The van der Waals surface area contributed by atoms with E-state index in [0.29, 0.717) is 16.6 Å². The number of nitrogens with two attached hydrogens (primary N) is 1. The first-order valence-corrected chi connectivity index (χ1v) is 19.5. The topological polar surface area (TPSA) is 264 Å². The van der Waals surface area contributed by atoms with Crippen LogP contribution in [0.2, 0.25) is 0 Å². The van der Waals surface area contributed by atoms with Crippen molar-refractivity contribution in [3.8, 4) is 11.8 Å². The van der Waals surface area contributed by atoms with Crippen LogP contribution in [0.4, 0.5) is 10.6 Å². The van der Waals surface area contributed by atoms with Crippen LogP contribution >= 0.6 is 67.6 Å². The second-order valence-corrected chi connectivity index (χ2v) is 16.3. The van der Waals surface area contributed by atoms with Crippen LogP contribution in [-0.4, -0.2) is 75.1 Å². The second kappa shape index (κ2) is 15.0. The van der Waals surface area contributed by atoms with E-state index in [-0.39, 0.29) is 28.1 Å². The van der Waals surface area contributed by atoms with Crippen LogP contribution in [-0.2, 0) is 36.3 Å². The molecule has 2 aromatic heterocycles. The third-order valence-corrected chi connectivity index (χ3v) is 11.2. The fourth-order valence-electron chi connectivity index (χ4n) is 3.72. The van der Waals surface area contributed by atoms with Crippen LogP contribution in [0.3, 0.4) is 0 Å². The van der Waals surface area contributed by atoms with E-state index >= 15 is 0 Å². The number of anilines is 1. The van der Waals surface area contributed by atoms with Crippen LogP contribution in [0.1, 0.15) is 25.1 Å². The molecular formula is C18H25IN5O13P3S2. The number of phosphoric ester groups is 1. The number of nitrogens with one attached hydrogen (secondary N) is 1. The van der Waals surface area contributed by atoms with Crippen LogP contribution in [0.25, 0.3) is 11.0 Å². The largest absolute Gasteiger partial charge is 0.490 e. The van der Waals surface area contributed by atoms with Gasteiger partial charge in [-0.1, -0.05) is 33.4 Å². The molecule has 234 valence electrons. The van der Waals surface area contributed by atoms with E-state index in [1.54, 1.807) is 40.3 Å². The number of nitrogen functional groups attached to an aromatic ring is 1. The number of ether oxygens (including phenoxy) is 2. The molecule has 0 spiro atoms. The van der Waals surface area contributed by atoms with Gasteiger partial charge in [-0.2, -0.15) is 8.62 Å². The number of aromatic nitrogens is 3. The SMILES string of the molecule is CSS[C@@H](C)OC1CC(n2cc(C#CCNC(=O)I)c3c(N)ncnc32)OC1COP(=O)(O)OP(=O)(O)OP(=O)(O)O. The highest BCUT2D eigenvalue weighted by atomic mass is 127. The first-order chi connectivity index (χ1) is 19.5. The summed E-state index contributed by atoms with van der Waals surface area (Å²) in [5.41, 5.74) is 6.52. The van der Waals surface area contributed by atoms with Crippen molar-refractivity contribution < 1.29 is 60.7 Å². The van der Waals surface area contributed by atoms with Crippen molar-refractivity contribution in [2.24, 2.45) is 0 Å². The Labute approximate surface area is 260 Å². The van der Waals surface area contributed by atoms with Gasteiger partial charge in [0.15, 0.2) is 0 Å². The molecule has 7 N–H and O–H groups in total. The summed E-state index contributed by atoms with van der Waals surface area (Å²) in [5, 5.41) is 2.97. The van der Waals surface area contributed by atoms with Crippen molar-refractivity contribution >= 4 is 88.4 Å². The van der Waals surface area contributed by atoms with Gasteiger partial charge in [-0.05, 0) is 13.2 Å². The van der Waals surface area contributed by atoms with E-state index in [2.05, 4.69) is 35.7 Å². The van der Waals surface area contributed by atoms with Gasteiger partial charge in [-0.15, -0.1) is 0 Å². The molecule has 0 bridgehead atoms. The van der Waals surface area contributed by atoms with Crippen molar-refractivity contribution in [2.45, 2.75) is 37.2 Å². The monoisotopic (exact) mass is 803 g/mol. The number of halogens is 1. The Kier molecular flexibility index (Phi) is 12.7. The van der Waals surface area contributed by atoms with Gasteiger partial charge in [0.2, 0.25) is 0 Å². The van der Waals surface area contributed by atoms with Crippen LogP contribution < -0.4 is 11.1 Å². The molecule has 1 fully saturated rings. The Morgan fingerprint density at radius 3 is 2.64 bits per heavy atom. The Bertz CT molecular complexity index is 1500. The summed E-state index contributed by atoms with van der Waals surface area (Å²) >= 11 is 1.58. The quantitative estimate of drug-likeness (QED) is 0.0323. The normalized spacial score (nSPS) is 22.6. The minimum Gasteiger partial charge on any atom is -0.383 e. The Hall–Kier alpha value is -0.790. The average Bonchev–Trinajstić information content (AvgIpc) is 3.40. The van der Waals surface area contributed by atoms with Gasteiger partial charge in [0.1, 0.15) is 35.6 Å². The molecule has 1 amide bonds. The summed E-state index contributed by atoms with van der Waals surface area (Å²) in [4.78, 5) is 56.2. The molecule has 1 saturated heterocycles. The minimum absolute atomic E-state index is 0.0750. The lowest BCUT2D eigenvalue weighted by atomic mass is 10.2. The van der Waals surface area contributed by atoms with Gasteiger partial charge in [-0.25, -0.2) is 23.7 Å². The fourth-order valence-corrected chi connectivity index (χ4v) is 8.34. The first kappa shape index (κ1) is 35.7. The number of nitrogens with zero attached hydrogens (tertiary/aromatic N) is 3. The number of amides is 1. The summed E-state index contributed by atoms with van der Waals surface area (Å²) in [6.07, 6.45) is 2.29. The van der Waals surface area contributed by atoms with Crippen molar-refractivity contribution in [1.82, 2.24) is 19.9 Å². The van der Waals surface area contributed by atoms with Gasteiger partial charge in [0.05, 0.1) is 30.2 Å². The molecule has 6 atom stereocenters. The summed E-state index contributed by atoms with van der Waals surface area (Å²) < 4.78 is 60.6. The summed E-state index contributed by atoms with van der Waals surface area (Å²) in [6, 6.07) is 0. The minimum atomic E-state index is -5.70. The molecule has 0 aromatic carbocycles. The van der Waals surface area contributed by atoms with Crippen molar-refractivity contribution in [2.75, 3.05) is 25.1 Å². The number of carbonyl (C=O) groups is 1. The van der Waals surface area contributed by atoms with Crippen molar-refractivity contribution in [3.63, 3.8) is 0 Å². The average molecular weight is 803 g/mol. The van der Waals surface area contributed by atoms with E-state index in [1.807, 2.05) is 6.26 Å². The van der Waals surface area contributed by atoms with Crippen molar-refractivity contribution in [1.29, 1.82) is 0 Å². The maximum absolute atomic E-state index is 12.3. The van der Waals surface area contributed by atoms with E-state index in [4.69, 9.17) is 29.5 Å². The highest BCUT2D eigenvalue weighted by Gasteiger charge is 2.44. The number of phosphoric acid groups is 3. The number of fused-ring (bicyclic) bond motifs is 1. The zero-order valence-corrected chi connectivity index (χ0v) is 28.0. The number of carbonyl (C=O) groups excluding carboxylic acids is 1. The van der Waals surface area contributed by atoms with E-state index in [0.717, 1.165) is 0 Å². The molecule has 24 heteroatoms. The smallest absolute Gasteiger partial charge is 0.383 e. The molecule has 42 heavy (non-hydrogen) atoms. The van der Waals surface area contributed by atoms with Crippen LogP contribution in [0.15, 0.2) is 12.5 Å². The number of rotatable bonds is 13. The van der Waals surface area contributed by atoms with E-state index in [9.17, 15) is 28.3 Å². The fraction of sp³-hybridized carbons (Fsp3) is 0.500. The third-order valence-electron chi connectivity index (χ3n) is 5.08. The number of hydrogen-bond donors (Lipinski definition) is 6. The molecule has 1 aliphatic rings. The summed E-state index contributed by atoms with van der Waals surface area (Å²) in [6.45, 7) is 1.14. The summed E-state index contributed by atoms with van der Waals surface area (Å²) in [7, 11) is -13.8. The van der Waals surface area contributed by atoms with Gasteiger partial charge in [0, 0.05) is 35.2 Å². The van der Waals surface area contributed by atoms with Gasteiger partial charge >= 0.3 is 23.5 Å². The highest BCUT2D eigenvalue weighted by Crippen LogP contribution is 2.66. The van der Waals surface area contributed by atoms with Gasteiger partial charge < -0.3 is 44.7 Å². The second-order valence-electron chi connectivity index (χ2n) is 8.09. The van der Waals surface area contributed by atoms with Crippen LogP contribution in [0.5, 0.6) is 0 Å². The van der Waals surface area contributed by atoms with E-state index < -0.39 is 48.5 Å². The van der Waals surface area contributed by atoms with E-state index in [1.165, 1.54) is 27.9 Å². The third kappa shape index (κ3) is 10.7. The lowest BCUT2D eigenvalue weighted by Crippen LogP contribution is -2.30. The molecule has 1 aliphatic heterocycles. The summed E-state index contributed by atoms with van der Waals surface area (Å²) in [5.74, 6) is 5.86. The Balaban J connectivity index is 1.86. The van der Waals surface area contributed by atoms with Gasteiger partial charge in [-0.3, -0.25) is 9.32 Å². The zero-order valence-electron chi connectivity index (χ0n) is 21.5.